The van der Waals surface area contributed by atoms with E-state index in [0.29, 0.717) is 22.9 Å². The van der Waals surface area contributed by atoms with Crippen molar-refractivity contribution in [1.29, 1.82) is 0 Å². The van der Waals surface area contributed by atoms with E-state index in [2.05, 4.69) is 20.6 Å². The van der Waals surface area contributed by atoms with Gasteiger partial charge in [-0.2, -0.15) is 0 Å². The summed E-state index contributed by atoms with van der Waals surface area (Å²) < 4.78 is 5.96. The highest BCUT2D eigenvalue weighted by molar-refractivity contribution is 6.04. The lowest BCUT2D eigenvalue weighted by atomic mass is 10.1. The molecule has 1 amide bonds. The molecule has 1 unspecified atom stereocenters. The minimum absolute atomic E-state index is 0.182. The van der Waals surface area contributed by atoms with E-state index in [9.17, 15) is 14.7 Å². The SMILES string of the molecule is O=C(O)CC(Oc1cccc(NC(=O)c2ccc(Nc3ncc[nH]3)cc2)c1)c1ccccc1. The Kier molecular flexibility index (Phi) is 6.65. The van der Waals surface area contributed by atoms with Crippen LogP contribution in [0.1, 0.15) is 28.4 Å². The van der Waals surface area contributed by atoms with Gasteiger partial charge in [-0.3, -0.25) is 9.59 Å². The fourth-order valence-electron chi connectivity index (χ4n) is 3.24. The molecular formula is C25H22N4O4. The number of carbonyl (C=O) groups excluding carboxylic acids is 1. The first-order chi connectivity index (χ1) is 16.1. The number of carboxylic acid groups (broad SMARTS) is 1. The summed E-state index contributed by atoms with van der Waals surface area (Å²) >= 11 is 0. The smallest absolute Gasteiger partial charge is 0.307 e. The van der Waals surface area contributed by atoms with Crippen LogP contribution in [-0.2, 0) is 4.79 Å². The van der Waals surface area contributed by atoms with Crippen molar-refractivity contribution in [1.82, 2.24) is 9.97 Å². The van der Waals surface area contributed by atoms with E-state index >= 15 is 0 Å². The molecule has 1 atom stereocenters. The first kappa shape index (κ1) is 21.6. The molecule has 1 aromatic heterocycles. The van der Waals surface area contributed by atoms with E-state index in [4.69, 9.17) is 4.74 Å². The van der Waals surface area contributed by atoms with Crippen LogP contribution >= 0.6 is 0 Å². The maximum atomic E-state index is 12.7. The van der Waals surface area contributed by atoms with Gasteiger partial charge in [-0.15, -0.1) is 0 Å². The molecule has 166 valence electrons. The van der Waals surface area contributed by atoms with Crippen LogP contribution in [0.4, 0.5) is 17.3 Å². The van der Waals surface area contributed by atoms with Gasteiger partial charge in [0, 0.05) is 35.4 Å². The molecule has 4 N–H and O–H groups in total. The quantitative estimate of drug-likeness (QED) is 0.290. The zero-order valence-corrected chi connectivity index (χ0v) is 17.6. The molecule has 0 bridgehead atoms. The van der Waals surface area contributed by atoms with Crippen molar-refractivity contribution >= 4 is 29.2 Å². The predicted octanol–water partition coefficient (Wildman–Crippen LogP) is 5.00. The summed E-state index contributed by atoms with van der Waals surface area (Å²) in [7, 11) is 0. The average molecular weight is 442 g/mol. The Morgan fingerprint density at radius 2 is 1.76 bits per heavy atom. The zero-order chi connectivity index (χ0) is 23.0. The highest BCUT2D eigenvalue weighted by Gasteiger charge is 2.18. The number of ether oxygens (including phenoxy) is 1. The van der Waals surface area contributed by atoms with E-state index < -0.39 is 12.1 Å². The number of aromatic amines is 1. The van der Waals surface area contributed by atoms with Crippen LogP contribution in [0.2, 0.25) is 0 Å². The normalized spacial score (nSPS) is 11.4. The molecule has 0 saturated heterocycles. The number of rotatable bonds is 9. The Morgan fingerprint density at radius 1 is 0.970 bits per heavy atom. The molecule has 8 nitrogen and oxygen atoms in total. The Hall–Kier alpha value is -4.59. The summed E-state index contributed by atoms with van der Waals surface area (Å²) in [6.45, 7) is 0. The number of nitrogens with zero attached hydrogens (tertiary/aromatic N) is 1. The summed E-state index contributed by atoms with van der Waals surface area (Å²) in [6, 6.07) is 23.0. The molecule has 0 aliphatic carbocycles. The maximum Gasteiger partial charge on any atom is 0.307 e. The number of H-pyrrole nitrogens is 1. The largest absolute Gasteiger partial charge is 0.485 e. The molecule has 3 aromatic carbocycles. The van der Waals surface area contributed by atoms with Crippen molar-refractivity contribution in [3.8, 4) is 5.75 Å². The van der Waals surface area contributed by atoms with Crippen LogP contribution in [0.5, 0.6) is 5.75 Å². The Bertz CT molecular complexity index is 1210. The van der Waals surface area contributed by atoms with E-state index in [0.717, 1.165) is 11.3 Å². The molecular weight excluding hydrogens is 420 g/mol. The topological polar surface area (TPSA) is 116 Å². The minimum Gasteiger partial charge on any atom is -0.485 e. The molecule has 33 heavy (non-hydrogen) atoms. The first-order valence-electron chi connectivity index (χ1n) is 10.3. The molecule has 0 spiro atoms. The number of carbonyl (C=O) groups is 2. The van der Waals surface area contributed by atoms with E-state index in [1.54, 1.807) is 60.9 Å². The van der Waals surface area contributed by atoms with Gasteiger partial charge < -0.3 is 25.5 Å². The van der Waals surface area contributed by atoms with Crippen molar-refractivity contribution in [3.63, 3.8) is 0 Å². The monoisotopic (exact) mass is 442 g/mol. The zero-order valence-electron chi connectivity index (χ0n) is 17.6. The molecule has 4 rings (SSSR count). The Labute approximate surface area is 190 Å². The molecule has 1 heterocycles. The van der Waals surface area contributed by atoms with Gasteiger partial charge in [0.25, 0.3) is 5.91 Å². The van der Waals surface area contributed by atoms with Gasteiger partial charge in [0.15, 0.2) is 0 Å². The van der Waals surface area contributed by atoms with Crippen LogP contribution < -0.4 is 15.4 Å². The van der Waals surface area contributed by atoms with Crippen molar-refractivity contribution in [3.05, 3.63) is 102 Å². The molecule has 8 heteroatoms. The second kappa shape index (κ2) is 10.1. The van der Waals surface area contributed by atoms with Crippen molar-refractivity contribution in [2.75, 3.05) is 10.6 Å². The van der Waals surface area contributed by atoms with Crippen LogP contribution in [0.3, 0.4) is 0 Å². The van der Waals surface area contributed by atoms with Gasteiger partial charge >= 0.3 is 5.97 Å². The van der Waals surface area contributed by atoms with Crippen LogP contribution in [0.15, 0.2) is 91.3 Å². The molecule has 0 saturated carbocycles. The third-order valence-electron chi connectivity index (χ3n) is 4.81. The Balaban J connectivity index is 1.42. The number of aromatic nitrogens is 2. The minimum atomic E-state index is -0.960. The Morgan fingerprint density at radius 3 is 2.45 bits per heavy atom. The van der Waals surface area contributed by atoms with Gasteiger partial charge in [0.2, 0.25) is 5.95 Å². The van der Waals surface area contributed by atoms with E-state index in [1.165, 1.54) is 0 Å². The lowest BCUT2D eigenvalue weighted by Gasteiger charge is -2.18. The predicted molar refractivity (Wildman–Crippen MR) is 125 cm³/mol. The first-order valence-corrected chi connectivity index (χ1v) is 10.3. The van der Waals surface area contributed by atoms with E-state index in [-0.39, 0.29) is 12.3 Å². The average Bonchev–Trinajstić information content (AvgIpc) is 3.33. The molecule has 0 aliphatic heterocycles. The van der Waals surface area contributed by atoms with Crippen molar-refractivity contribution < 1.29 is 19.4 Å². The number of aliphatic carboxylic acids is 1. The van der Waals surface area contributed by atoms with Gasteiger partial charge in [-0.05, 0) is 42.0 Å². The van der Waals surface area contributed by atoms with Crippen molar-refractivity contribution in [2.45, 2.75) is 12.5 Å². The van der Waals surface area contributed by atoms with Gasteiger partial charge in [-0.1, -0.05) is 36.4 Å². The van der Waals surface area contributed by atoms with E-state index in [1.807, 2.05) is 30.3 Å². The highest BCUT2D eigenvalue weighted by atomic mass is 16.5. The van der Waals surface area contributed by atoms with Gasteiger partial charge in [-0.25, -0.2) is 4.98 Å². The summed E-state index contributed by atoms with van der Waals surface area (Å²) in [5.41, 5.74) is 2.58. The summed E-state index contributed by atoms with van der Waals surface area (Å²) in [4.78, 5) is 31.0. The third-order valence-corrected chi connectivity index (χ3v) is 4.81. The number of hydrogen-bond donors (Lipinski definition) is 4. The van der Waals surface area contributed by atoms with Crippen LogP contribution in [-0.4, -0.2) is 27.0 Å². The molecule has 0 aliphatic rings. The number of amides is 1. The summed E-state index contributed by atoms with van der Waals surface area (Å²) in [5.74, 6) is -0.165. The molecule has 4 aromatic rings. The lowest BCUT2D eigenvalue weighted by Crippen LogP contribution is -2.14. The van der Waals surface area contributed by atoms with Gasteiger partial charge in [0.1, 0.15) is 11.9 Å². The number of nitrogens with one attached hydrogen (secondary N) is 3. The molecule has 0 fully saturated rings. The fraction of sp³-hybridized carbons (Fsp3) is 0.0800. The van der Waals surface area contributed by atoms with Crippen LogP contribution in [0, 0.1) is 0 Å². The third kappa shape index (κ3) is 5.98. The number of carboxylic acids is 1. The van der Waals surface area contributed by atoms with Crippen molar-refractivity contribution in [2.24, 2.45) is 0 Å². The maximum absolute atomic E-state index is 12.7. The number of anilines is 3. The van der Waals surface area contributed by atoms with Gasteiger partial charge in [0.05, 0.1) is 6.42 Å². The van der Waals surface area contributed by atoms with Crippen LogP contribution in [0.25, 0.3) is 0 Å². The highest BCUT2D eigenvalue weighted by Crippen LogP contribution is 2.27. The summed E-state index contributed by atoms with van der Waals surface area (Å²) in [6.07, 6.45) is 2.53. The number of imidazole rings is 1. The molecule has 0 radical (unpaired) electrons. The fourth-order valence-corrected chi connectivity index (χ4v) is 3.24. The summed E-state index contributed by atoms with van der Waals surface area (Å²) in [5, 5.41) is 15.2. The number of benzene rings is 3. The lowest BCUT2D eigenvalue weighted by molar-refractivity contribution is -0.138. The number of hydrogen-bond acceptors (Lipinski definition) is 5. The standard InChI is InChI=1S/C25H22N4O4/c30-23(31)16-22(17-5-2-1-3-6-17)33-21-8-4-7-20(15-21)28-24(32)18-9-11-19(12-10-18)29-25-26-13-14-27-25/h1-15,22H,16H2,(H,28,32)(H,30,31)(H2,26,27,29). The second-order valence-electron chi connectivity index (χ2n) is 7.24. The second-order valence-corrected chi connectivity index (χ2v) is 7.24.